The molecular formula is C17H24N2O. The van der Waals surface area contributed by atoms with Crippen molar-refractivity contribution in [3.05, 3.63) is 36.0 Å². The summed E-state index contributed by atoms with van der Waals surface area (Å²) in [4.78, 5) is 0. The second kappa shape index (κ2) is 6.42. The maximum Gasteiger partial charge on any atom is 0.0483 e. The number of nitrogens with zero attached hydrogens (tertiary/aromatic N) is 1. The predicted octanol–water partition coefficient (Wildman–Crippen LogP) is 3.32. The summed E-state index contributed by atoms with van der Waals surface area (Å²) in [6.45, 7) is 2.93. The number of aryl methyl sites for hydroxylation is 1. The van der Waals surface area contributed by atoms with Gasteiger partial charge in [0.1, 0.15) is 0 Å². The van der Waals surface area contributed by atoms with Gasteiger partial charge < -0.3 is 14.6 Å². The highest BCUT2D eigenvalue weighted by molar-refractivity contribution is 5.83. The SMILES string of the molecule is COCCCCn1cc(CNC2CC2)c2ccccc21. The number of rotatable bonds is 8. The van der Waals surface area contributed by atoms with Crippen LogP contribution >= 0.6 is 0 Å². The van der Waals surface area contributed by atoms with Crippen molar-refractivity contribution in [2.75, 3.05) is 13.7 Å². The van der Waals surface area contributed by atoms with Crippen molar-refractivity contribution in [2.45, 2.75) is 44.8 Å². The molecule has 1 fully saturated rings. The second-order valence-corrected chi connectivity index (χ2v) is 5.72. The predicted molar refractivity (Wildman–Crippen MR) is 82.9 cm³/mol. The number of methoxy groups -OCH3 is 1. The summed E-state index contributed by atoms with van der Waals surface area (Å²) >= 11 is 0. The maximum absolute atomic E-state index is 5.13. The summed E-state index contributed by atoms with van der Waals surface area (Å²) < 4.78 is 7.52. The van der Waals surface area contributed by atoms with Gasteiger partial charge >= 0.3 is 0 Å². The Bertz CT molecular complexity index is 557. The van der Waals surface area contributed by atoms with Crippen LogP contribution in [-0.2, 0) is 17.8 Å². The Balaban J connectivity index is 1.72. The summed E-state index contributed by atoms with van der Waals surface area (Å²) in [6, 6.07) is 9.50. The first-order chi connectivity index (χ1) is 9.88. The Morgan fingerprint density at radius 1 is 1.25 bits per heavy atom. The Morgan fingerprint density at radius 3 is 2.90 bits per heavy atom. The Hall–Kier alpha value is -1.32. The zero-order valence-corrected chi connectivity index (χ0v) is 12.3. The number of aromatic nitrogens is 1. The van der Waals surface area contributed by atoms with Crippen molar-refractivity contribution < 1.29 is 4.74 Å². The minimum absolute atomic E-state index is 0.763. The van der Waals surface area contributed by atoms with Crippen LogP contribution in [0, 0.1) is 0 Å². The van der Waals surface area contributed by atoms with Crippen LogP contribution in [0.4, 0.5) is 0 Å². The van der Waals surface area contributed by atoms with E-state index in [0.29, 0.717) is 0 Å². The lowest BCUT2D eigenvalue weighted by molar-refractivity contribution is 0.191. The van der Waals surface area contributed by atoms with Gasteiger partial charge in [0.15, 0.2) is 0 Å². The second-order valence-electron chi connectivity index (χ2n) is 5.72. The summed E-state index contributed by atoms with van der Waals surface area (Å²) in [6.07, 6.45) is 7.30. The third kappa shape index (κ3) is 3.22. The van der Waals surface area contributed by atoms with Gasteiger partial charge in [0.05, 0.1) is 0 Å². The fraction of sp³-hybridized carbons (Fsp3) is 0.529. The maximum atomic E-state index is 5.13. The lowest BCUT2D eigenvalue weighted by Gasteiger charge is -2.04. The monoisotopic (exact) mass is 272 g/mol. The lowest BCUT2D eigenvalue weighted by atomic mass is 10.2. The van der Waals surface area contributed by atoms with E-state index in [-0.39, 0.29) is 0 Å². The third-order valence-corrected chi connectivity index (χ3v) is 4.03. The van der Waals surface area contributed by atoms with Crippen LogP contribution in [0.2, 0.25) is 0 Å². The van der Waals surface area contributed by atoms with E-state index in [2.05, 4.69) is 40.3 Å². The van der Waals surface area contributed by atoms with Gasteiger partial charge in [0.25, 0.3) is 0 Å². The molecule has 2 aromatic rings. The first-order valence-electron chi connectivity index (χ1n) is 7.67. The van der Waals surface area contributed by atoms with Crippen molar-refractivity contribution in [2.24, 2.45) is 0 Å². The van der Waals surface area contributed by atoms with Crippen LogP contribution in [0.3, 0.4) is 0 Å². The number of fused-ring (bicyclic) bond motifs is 1. The number of benzene rings is 1. The highest BCUT2D eigenvalue weighted by Crippen LogP contribution is 2.24. The molecule has 1 aliphatic rings. The minimum Gasteiger partial charge on any atom is -0.385 e. The quantitative estimate of drug-likeness (QED) is 0.746. The number of para-hydroxylation sites is 1. The van der Waals surface area contributed by atoms with E-state index in [0.717, 1.165) is 32.2 Å². The van der Waals surface area contributed by atoms with E-state index in [9.17, 15) is 0 Å². The van der Waals surface area contributed by atoms with Crippen LogP contribution < -0.4 is 5.32 Å². The molecule has 0 radical (unpaired) electrons. The highest BCUT2D eigenvalue weighted by Gasteiger charge is 2.20. The summed E-state index contributed by atoms with van der Waals surface area (Å²) in [5.41, 5.74) is 2.79. The standard InChI is InChI=1S/C17H24N2O/c1-20-11-5-4-10-19-13-14(12-18-15-8-9-15)16-6-2-3-7-17(16)19/h2-3,6-7,13,15,18H,4-5,8-12H2,1H3. The molecule has 108 valence electrons. The van der Waals surface area contributed by atoms with E-state index >= 15 is 0 Å². The van der Waals surface area contributed by atoms with E-state index in [1.54, 1.807) is 7.11 Å². The van der Waals surface area contributed by atoms with Gasteiger partial charge in [-0.25, -0.2) is 0 Å². The fourth-order valence-corrected chi connectivity index (χ4v) is 2.72. The lowest BCUT2D eigenvalue weighted by Crippen LogP contribution is -2.14. The molecule has 20 heavy (non-hydrogen) atoms. The van der Waals surface area contributed by atoms with Gasteiger partial charge in [-0.2, -0.15) is 0 Å². The summed E-state index contributed by atoms with van der Waals surface area (Å²) in [5.74, 6) is 0. The molecule has 0 saturated heterocycles. The van der Waals surface area contributed by atoms with Gasteiger partial charge in [0, 0.05) is 49.9 Å². The topological polar surface area (TPSA) is 26.2 Å². The molecule has 1 N–H and O–H groups in total. The van der Waals surface area contributed by atoms with Gasteiger partial charge in [-0.05, 0) is 37.3 Å². The molecule has 0 bridgehead atoms. The molecule has 1 aromatic carbocycles. The van der Waals surface area contributed by atoms with Crippen molar-refractivity contribution in [3.8, 4) is 0 Å². The molecule has 1 aliphatic carbocycles. The number of unbranched alkanes of at least 4 members (excludes halogenated alkanes) is 1. The molecule has 3 heteroatoms. The largest absolute Gasteiger partial charge is 0.385 e. The number of ether oxygens (including phenoxy) is 1. The molecule has 0 unspecified atom stereocenters. The van der Waals surface area contributed by atoms with Crippen molar-refractivity contribution >= 4 is 10.9 Å². The van der Waals surface area contributed by atoms with Gasteiger partial charge in [0.2, 0.25) is 0 Å². The number of hydrogen-bond acceptors (Lipinski definition) is 2. The Kier molecular flexibility index (Phi) is 4.38. The molecule has 1 aromatic heterocycles. The number of hydrogen-bond donors (Lipinski definition) is 1. The Morgan fingerprint density at radius 2 is 2.10 bits per heavy atom. The zero-order valence-electron chi connectivity index (χ0n) is 12.3. The molecule has 3 nitrogen and oxygen atoms in total. The average molecular weight is 272 g/mol. The van der Waals surface area contributed by atoms with Crippen LogP contribution in [-0.4, -0.2) is 24.3 Å². The van der Waals surface area contributed by atoms with E-state index < -0.39 is 0 Å². The molecule has 0 amide bonds. The van der Waals surface area contributed by atoms with Crippen LogP contribution in [0.5, 0.6) is 0 Å². The first kappa shape index (κ1) is 13.7. The van der Waals surface area contributed by atoms with Gasteiger partial charge in [-0.15, -0.1) is 0 Å². The highest BCUT2D eigenvalue weighted by atomic mass is 16.5. The van der Waals surface area contributed by atoms with E-state index in [1.807, 2.05) is 0 Å². The van der Waals surface area contributed by atoms with E-state index in [4.69, 9.17) is 4.74 Å². The normalized spacial score (nSPS) is 15.1. The van der Waals surface area contributed by atoms with Gasteiger partial charge in [-0.1, -0.05) is 18.2 Å². The summed E-state index contributed by atoms with van der Waals surface area (Å²) in [5, 5.41) is 5.02. The number of nitrogens with one attached hydrogen (secondary N) is 1. The zero-order chi connectivity index (χ0) is 13.8. The van der Waals surface area contributed by atoms with Crippen LogP contribution in [0.1, 0.15) is 31.2 Å². The average Bonchev–Trinajstić information content (AvgIpc) is 3.24. The fourth-order valence-electron chi connectivity index (χ4n) is 2.72. The van der Waals surface area contributed by atoms with Crippen molar-refractivity contribution in [1.29, 1.82) is 0 Å². The molecule has 0 spiro atoms. The van der Waals surface area contributed by atoms with Crippen LogP contribution in [0.25, 0.3) is 10.9 Å². The smallest absolute Gasteiger partial charge is 0.0483 e. The first-order valence-corrected chi connectivity index (χ1v) is 7.67. The Labute approximate surface area is 120 Å². The molecular weight excluding hydrogens is 248 g/mol. The van der Waals surface area contributed by atoms with Crippen LogP contribution in [0.15, 0.2) is 30.5 Å². The van der Waals surface area contributed by atoms with Gasteiger partial charge in [-0.3, -0.25) is 0 Å². The molecule has 3 rings (SSSR count). The molecule has 0 aliphatic heterocycles. The van der Waals surface area contributed by atoms with Crippen molar-refractivity contribution in [3.63, 3.8) is 0 Å². The minimum atomic E-state index is 0.763. The molecule has 0 atom stereocenters. The van der Waals surface area contributed by atoms with Crippen molar-refractivity contribution in [1.82, 2.24) is 9.88 Å². The summed E-state index contributed by atoms with van der Waals surface area (Å²) in [7, 11) is 1.77. The molecule has 1 heterocycles. The van der Waals surface area contributed by atoms with E-state index in [1.165, 1.54) is 35.7 Å². The third-order valence-electron chi connectivity index (χ3n) is 4.03. The molecule has 1 saturated carbocycles.